The third kappa shape index (κ3) is 3.30. The molecule has 0 saturated carbocycles. The maximum Gasteiger partial charge on any atom is 0.254 e. The van der Waals surface area contributed by atoms with Crippen molar-refractivity contribution in [2.24, 2.45) is 0 Å². The van der Waals surface area contributed by atoms with E-state index in [1.54, 1.807) is 0 Å². The molecule has 17 heavy (non-hydrogen) atoms. The molecule has 1 aliphatic heterocycles. The van der Waals surface area contributed by atoms with Crippen LogP contribution in [0.5, 0.6) is 0 Å². The predicted octanol–water partition coefficient (Wildman–Crippen LogP) is 2.69. The molecule has 0 aromatic heterocycles. The van der Waals surface area contributed by atoms with Gasteiger partial charge in [0.05, 0.1) is 12.7 Å². The van der Waals surface area contributed by atoms with E-state index in [1.807, 2.05) is 29.2 Å². The molecule has 0 N–H and O–H groups in total. The van der Waals surface area contributed by atoms with Gasteiger partial charge >= 0.3 is 0 Å². The Morgan fingerprint density at radius 3 is 3.06 bits per heavy atom. The summed E-state index contributed by atoms with van der Waals surface area (Å²) in [7, 11) is 0. The van der Waals surface area contributed by atoms with E-state index < -0.39 is 0 Å². The number of carbonyl (C=O) groups is 1. The Bertz CT molecular complexity index is 411. The lowest BCUT2D eigenvalue weighted by atomic mass is 10.2. The van der Waals surface area contributed by atoms with Gasteiger partial charge < -0.3 is 9.64 Å². The van der Waals surface area contributed by atoms with Crippen LogP contribution < -0.4 is 0 Å². The number of rotatable bonds is 2. The van der Waals surface area contributed by atoms with Crippen molar-refractivity contribution in [1.29, 1.82) is 0 Å². The molecule has 1 aromatic carbocycles. The van der Waals surface area contributed by atoms with E-state index in [4.69, 9.17) is 4.74 Å². The van der Waals surface area contributed by atoms with Crippen LogP contribution in [0.15, 0.2) is 28.7 Å². The molecule has 0 bridgehead atoms. The van der Waals surface area contributed by atoms with Gasteiger partial charge in [-0.3, -0.25) is 4.79 Å². The highest BCUT2D eigenvalue weighted by molar-refractivity contribution is 9.10. The topological polar surface area (TPSA) is 29.5 Å². The van der Waals surface area contributed by atoms with Crippen LogP contribution in [0, 0.1) is 0 Å². The van der Waals surface area contributed by atoms with Crippen molar-refractivity contribution >= 4 is 37.8 Å². The number of amides is 1. The lowest BCUT2D eigenvalue weighted by molar-refractivity contribution is -0.00965. The summed E-state index contributed by atoms with van der Waals surface area (Å²) in [6.07, 6.45) is 0.0971. The number of ether oxygens (including phenoxy) is 1. The molecule has 1 atom stereocenters. The summed E-state index contributed by atoms with van der Waals surface area (Å²) in [6, 6.07) is 7.48. The van der Waals surface area contributed by atoms with Gasteiger partial charge in [0.25, 0.3) is 5.91 Å². The zero-order valence-electron chi connectivity index (χ0n) is 9.23. The molecule has 1 heterocycles. The second-order valence-corrected chi connectivity index (χ2v) is 5.47. The smallest absolute Gasteiger partial charge is 0.254 e. The summed E-state index contributed by atoms with van der Waals surface area (Å²) in [5.41, 5.74) is 0.717. The first-order valence-electron chi connectivity index (χ1n) is 5.43. The molecule has 0 aliphatic carbocycles. The second-order valence-electron chi connectivity index (χ2n) is 3.91. The SMILES string of the molecule is O=C(c1cccc(Br)c1)N1CCOC(CBr)C1. The molecule has 92 valence electrons. The van der Waals surface area contributed by atoms with Gasteiger partial charge in [0.15, 0.2) is 0 Å². The van der Waals surface area contributed by atoms with E-state index >= 15 is 0 Å². The van der Waals surface area contributed by atoms with E-state index in [0.717, 1.165) is 15.4 Å². The van der Waals surface area contributed by atoms with Crippen LogP contribution in [0.4, 0.5) is 0 Å². The predicted molar refractivity (Wildman–Crippen MR) is 73.6 cm³/mol. The van der Waals surface area contributed by atoms with Crippen molar-refractivity contribution in [1.82, 2.24) is 4.90 Å². The van der Waals surface area contributed by atoms with E-state index in [2.05, 4.69) is 31.9 Å². The van der Waals surface area contributed by atoms with Crippen molar-refractivity contribution in [2.45, 2.75) is 6.10 Å². The Labute approximate surface area is 117 Å². The number of nitrogens with zero attached hydrogens (tertiary/aromatic N) is 1. The molecule has 1 fully saturated rings. The highest BCUT2D eigenvalue weighted by atomic mass is 79.9. The number of morpholine rings is 1. The maximum atomic E-state index is 12.2. The van der Waals surface area contributed by atoms with Gasteiger partial charge in [0.2, 0.25) is 0 Å². The molecule has 0 radical (unpaired) electrons. The molecule has 1 aromatic rings. The Balaban J connectivity index is 2.09. The van der Waals surface area contributed by atoms with E-state index in [1.165, 1.54) is 0 Å². The van der Waals surface area contributed by atoms with Gasteiger partial charge in [-0.05, 0) is 18.2 Å². The molecular weight excluding hydrogens is 350 g/mol. The fourth-order valence-electron chi connectivity index (χ4n) is 1.80. The summed E-state index contributed by atoms with van der Waals surface area (Å²) in [4.78, 5) is 14.1. The first-order chi connectivity index (χ1) is 8.20. The molecule has 1 unspecified atom stereocenters. The van der Waals surface area contributed by atoms with Gasteiger partial charge in [0.1, 0.15) is 0 Å². The summed E-state index contributed by atoms with van der Waals surface area (Å²) < 4.78 is 6.44. The van der Waals surface area contributed by atoms with Crippen molar-refractivity contribution in [3.05, 3.63) is 34.3 Å². The van der Waals surface area contributed by atoms with Gasteiger partial charge in [-0.2, -0.15) is 0 Å². The summed E-state index contributed by atoms with van der Waals surface area (Å²) in [6.45, 7) is 1.92. The van der Waals surface area contributed by atoms with Crippen LogP contribution in [0.1, 0.15) is 10.4 Å². The molecule has 0 spiro atoms. The van der Waals surface area contributed by atoms with Gasteiger partial charge in [-0.1, -0.05) is 37.9 Å². The van der Waals surface area contributed by atoms with Crippen LogP contribution in [0.25, 0.3) is 0 Å². The van der Waals surface area contributed by atoms with Crippen LogP contribution in [0.2, 0.25) is 0 Å². The van der Waals surface area contributed by atoms with Crippen LogP contribution >= 0.6 is 31.9 Å². The quantitative estimate of drug-likeness (QED) is 0.757. The highest BCUT2D eigenvalue weighted by Crippen LogP contribution is 2.16. The Hall–Kier alpha value is -0.390. The van der Waals surface area contributed by atoms with Crippen LogP contribution in [-0.4, -0.2) is 41.9 Å². The van der Waals surface area contributed by atoms with Gasteiger partial charge in [0, 0.05) is 28.5 Å². The number of alkyl halides is 1. The van der Waals surface area contributed by atoms with Crippen molar-refractivity contribution in [3.8, 4) is 0 Å². The molecule has 3 nitrogen and oxygen atoms in total. The monoisotopic (exact) mass is 361 g/mol. The number of hydrogen-bond acceptors (Lipinski definition) is 2. The average Bonchev–Trinajstić information content (AvgIpc) is 2.38. The maximum absolute atomic E-state index is 12.2. The van der Waals surface area contributed by atoms with E-state index in [0.29, 0.717) is 19.7 Å². The Kier molecular flexibility index (Phi) is 4.59. The lowest BCUT2D eigenvalue weighted by Crippen LogP contribution is -2.46. The number of benzene rings is 1. The first kappa shape index (κ1) is 13.1. The minimum Gasteiger partial charge on any atom is -0.374 e. The van der Waals surface area contributed by atoms with Crippen LogP contribution in [0.3, 0.4) is 0 Å². The van der Waals surface area contributed by atoms with Crippen molar-refractivity contribution in [2.75, 3.05) is 25.0 Å². The normalized spacial score (nSPS) is 20.4. The average molecular weight is 363 g/mol. The molecule has 2 rings (SSSR count). The summed E-state index contributed by atoms with van der Waals surface area (Å²) in [5.74, 6) is 0.0700. The van der Waals surface area contributed by atoms with Crippen LogP contribution in [-0.2, 0) is 4.74 Å². The fraction of sp³-hybridized carbons (Fsp3) is 0.417. The Morgan fingerprint density at radius 1 is 1.53 bits per heavy atom. The molecule has 1 aliphatic rings. The fourth-order valence-corrected chi connectivity index (χ4v) is 2.59. The van der Waals surface area contributed by atoms with Crippen molar-refractivity contribution < 1.29 is 9.53 Å². The van der Waals surface area contributed by atoms with Gasteiger partial charge in [-0.15, -0.1) is 0 Å². The zero-order valence-corrected chi connectivity index (χ0v) is 12.4. The highest BCUT2D eigenvalue weighted by Gasteiger charge is 2.24. The number of carbonyl (C=O) groups excluding carboxylic acids is 1. The molecule has 1 saturated heterocycles. The van der Waals surface area contributed by atoms with E-state index in [9.17, 15) is 4.79 Å². The molecule has 1 amide bonds. The number of halogens is 2. The van der Waals surface area contributed by atoms with Crippen molar-refractivity contribution in [3.63, 3.8) is 0 Å². The second kappa shape index (κ2) is 5.98. The molecule has 5 heteroatoms. The minimum atomic E-state index is 0.0700. The zero-order chi connectivity index (χ0) is 12.3. The number of hydrogen-bond donors (Lipinski definition) is 0. The third-order valence-corrected chi connectivity index (χ3v) is 3.89. The summed E-state index contributed by atoms with van der Waals surface area (Å²) >= 11 is 6.76. The summed E-state index contributed by atoms with van der Waals surface area (Å²) in [5, 5.41) is 0.759. The lowest BCUT2D eigenvalue weighted by Gasteiger charge is -2.32. The standard InChI is InChI=1S/C12H13Br2NO2/c13-7-11-8-15(4-5-17-11)12(16)9-2-1-3-10(14)6-9/h1-3,6,11H,4-5,7-8H2. The molecular formula is C12H13Br2NO2. The third-order valence-electron chi connectivity index (χ3n) is 2.67. The largest absolute Gasteiger partial charge is 0.374 e. The van der Waals surface area contributed by atoms with E-state index in [-0.39, 0.29) is 12.0 Å². The minimum absolute atomic E-state index is 0.0700. The Morgan fingerprint density at radius 2 is 2.35 bits per heavy atom. The van der Waals surface area contributed by atoms with Gasteiger partial charge in [-0.25, -0.2) is 0 Å². The first-order valence-corrected chi connectivity index (χ1v) is 7.34.